The van der Waals surface area contributed by atoms with Crippen molar-refractivity contribution in [3.63, 3.8) is 0 Å². The van der Waals surface area contributed by atoms with Crippen molar-refractivity contribution in [1.29, 1.82) is 0 Å². The maximum Gasteiger partial charge on any atom is 0.407 e. The second kappa shape index (κ2) is 6.61. The van der Waals surface area contributed by atoms with E-state index >= 15 is 0 Å². The topological polar surface area (TPSA) is 58.6 Å². The maximum atomic E-state index is 12.4. The molecule has 18 heavy (non-hydrogen) atoms. The van der Waals surface area contributed by atoms with E-state index in [1.54, 1.807) is 0 Å². The molecule has 0 bridgehead atoms. The van der Waals surface area contributed by atoms with Gasteiger partial charge in [0.2, 0.25) is 5.91 Å². The minimum atomic E-state index is -0.541. The van der Waals surface area contributed by atoms with E-state index in [2.05, 4.69) is 17.0 Å². The summed E-state index contributed by atoms with van der Waals surface area (Å²) in [6.45, 7) is 7.69. The minimum absolute atomic E-state index is 0.0131. The second-order valence-electron chi connectivity index (χ2n) is 5.18. The third-order valence-corrected chi connectivity index (χ3v) is 3.67. The van der Waals surface area contributed by atoms with Gasteiger partial charge in [0.25, 0.3) is 0 Å². The zero-order valence-electron chi connectivity index (χ0n) is 11.7. The van der Waals surface area contributed by atoms with Gasteiger partial charge in [0.05, 0.1) is 7.11 Å². The van der Waals surface area contributed by atoms with Crippen molar-refractivity contribution in [1.82, 2.24) is 10.2 Å². The van der Waals surface area contributed by atoms with Gasteiger partial charge in [-0.1, -0.05) is 27.2 Å². The molecule has 1 rings (SSSR count). The van der Waals surface area contributed by atoms with Crippen LogP contribution < -0.4 is 5.32 Å². The first-order chi connectivity index (χ1) is 8.49. The fourth-order valence-corrected chi connectivity index (χ4v) is 2.20. The monoisotopic (exact) mass is 256 g/mol. The van der Waals surface area contributed by atoms with Crippen LogP contribution in [0.3, 0.4) is 0 Å². The average Bonchev–Trinajstić information content (AvgIpc) is 2.80. The Morgan fingerprint density at radius 2 is 2.17 bits per heavy atom. The predicted molar refractivity (Wildman–Crippen MR) is 69.1 cm³/mol. The molecule has 3 atom stereocenters. The van der Waals surface area contributed by atoms with Crippen LogP contribution in [0.2, 0.25) is 0 Å². The average molecular weight is 256 g/mol. The summed E-state index contributed by atoms with van der Waals surface area (Å²) in [6, 6.07) is -0.479. The largest absolute Gasteiger partial charge is 0.453 e. The van der Waals surface area contributed by atoms with E-state index in [0.29, 0.717) is 5.92 Å². The molecule has 2 amide bonds. The molecule has 104 valence electrons. The van der Waals surface area contributed by atoms with Gasteiger partial charge in [0.1, 0.15) is 6.04 Å². The van der Waals surface area contributed by atoms with E-state index in [0.717, 1.165) is 25.9 Å². The van der Waals surface area contributed by atoms with Crippen molar-refractivity contribution >= 4 is 12.0 Å². The molecule has 1 saturated heterocycles. The lowest BCUT2D eigenvalue weighted by Crippen LogP contribution is -2.51. The van der Waals surface area contributed by atoms with Gasteiger partial charge in [-0.15, -0.1) is 0 Å². The third-order valence-electron chi connectivity index (χ3n) is 3.67. The van der Waals surface area contributed by atoms with Gasteiger partial charge < -0.3 is 15.0 Å². The van der Waals surface area contributed by atoms with Crippen LogP contribution in [-0.2, 0) is 9.53 Å². The highest BCUT2D eigenvalue weighted by atomic mass is 16.5. The number of rotatable bonds is 4. The fraction of sp³-hybridized carbons (Fsp3) is 0.846. The zero-order chi connectivity index (χ0) is 13.7. The summed E-state index contributed by atoms with van der Waals surface area (Å²) in [6.07, 6.45) is 1.34. The lowest BCUT2D eigenvalue weighted by molar-refractivity contribution is -0.133. The summed E-state index contributed by atoms with van der Waals surface area (Å²) in [7, 11) is 1.31. The molecule has 5 nitrogen and oxygen atoms in total. The van der Waals surface area contributed by atoms with Crippen molar-refractivity contribution < 1.29 is 14.3 Å². The quantitative estimate of drug-likeness (QED) is 0.831. The van der Waals surface area contributed by atoms with E-state index in [9.17, 15) is 9.59 Å². The van der Waals surface area contributed by atoms with Gasteiger partial charge in [-0.2, -0.15) is 0 Å². The lowest BCUT2D eigenvalue weighted by atomic mass is 9.98. The third kappa shape index (κ3) is 3.62. The summed E-state index contributed by atoms with van der Waals surface area (Å²) in [5.74, 6) is 0.663. The number of amides is 2. The molecule has 0 saturated carbocycles. The van der Waals surface area contributed by atoms with Crippen LogP contribution in [0.5, 0.6) is 0 Å². The molecule has 1 heterocycles. The summed E-state index contributed by atoms with van der Waals surface area (Å²) >= 11 is 0. The molecule has 1 aliphatic rings. The number of nitrogens with zero attached hydrogens (tertiary/aromatic N) is 1. The van der Waals surface area contributed by atoms with Crippen molar-refractivity contribution in [3.8, 4) is 0 Å². The summed E-state index contributed by atoms with van der Waals surface area (Å²) < 4.78 is 4.59. The van der Waals surface area contributed by atoms with Crippen molar-refractivity contribution in [2.45, 2.75) is 39.7 Å². The van der Waals surface area contributed by atoms with Crippen LogP contribution in [0.1, 0.15) is 33.6 Å². The van der Waals surface area contributed by atoms with Crippen LogP contribution in [-0.4, -0.2) is 43.1 Å². The second-order valence-corrected chi connectivity index (χ2v) is 5.18. The number of carbonyl (C=O) groups is 2. The molecule has 0 aromatic carbocycles. The standard InChI is InChI=1S/C13H24N2O3/c1-5-10(3)11(14-13(17)18-4)12(16)15-7-6-9(2)8-15/h9-11H,5-8H2,1-4H3,(H,14,17)/t9-,10+,11-/m0/s1. The van der Waals surface area contributed by atoms with Gasteiger partial charge in [-0.05, 0) is 18.3 Å². The molecular formula is C13H24N2O3. The molecule has 1 aliphatic heterocycles. The molecule has 1 N–H and O–H groups in total. The van der Waals surface area contributed by atoms with Crippen LogP contribution in [0.25, 0.3) is 0 Å². The maximum absolute atomic E-state index is 12.4. The predicted octanol–water partition coefficient (Wildman–Crippen LogP) is 1.63. The lowest BCUT2D eigenvalue weighted by Gasteiger charge is -2.27. The molecule has 0 aromatic rings. The number of ether oxygens (including phenoxy) is 1. The summed E-state index contributed by atoms with van der Waals surface area (Å²) in [5, 5.41) is 2.66. The SMILES string of the molecule is CC[C@@H](C)[C@H](NC(=O)OC)C(=O)N1CC[C@H](C)C1. The van der Waals surface area contributed by atoms with E-state index in [1.165, 1.54) is 7.11 Å². The van der Waals surface area contributed by atoms with E-state index in [1.807, 2.05) is 18.7 Å². The Kier molecular flexibility index (Phi) is 5.44. The first kappa shape index (κ1) is 14.8. The van der Waals surface area contributed by atoms with Gasteiger partial charge >= 0.3 is 6.09 Å². The Morgan fingerprint density at radius 3 is 2.61 bits per heavy atom. The Morgan fingerprint density at radius 1 is 1.50 bits per heavy atom. The Balaban J connectivity index is 2.69. The fourth-order valence-electron chi connectivity index (χ4n) is 2.20. The Hall–Kier alpha value is -1.26. The Labute approximate surface area is 109 Å². The number of nitrogens with one attached hydrogen (secondary N) is 1. The molecule has 0 spiro atoms. The highest BCUT2D eigenvalue weighted by Gasteiger charge is 2.33. The van der Waals surface area contributed by atoms with E-state index in [4.69, 9.17) is 0 Å². The van der Waals surface area contributed by atoms with E-state index < -0.39 is 12.1 Å². The highest BCUT2D eigenvalue weighted by molar-refractivity contribution is 5.86. The molecule has 5 heteroatoms. The van der Waals surface area contributed by atoms with Crippen LogP contribution in [0.15, 0.2) is 0 Å². The van der Waals surface area contributed by atoms with Gasteiger partial charge in [0, 0.05) is 13.1 Å². The van der Waals surface area contributed by atoms with Crippen molar-refractivity contribution in [3.05, 3.63) is 0 Å². The van der Waals surface area contributed by atoms with Crippen LogP contribution >= 0.6 is 0 Å². The molecule has 0 aromatic heterocycles. The Bertz CT molecular complexity index is 307. The summed E-state index contributed by atoms with van der Waals surface area (Å²) in [4.78, 5) is 25.6. The molecule has 0 radical (unpaired) electrons. The molecule has 1 fully saturated rings. The van der Waals surface area contributed by atoms with Gasteiger partial charge in [0.15, 0.2) is 0 Å². The molecule has 0 aliphatic carbocycles. The molecule has 0 unspecified atom stereocenters. The van der Waals surface area contributed by atoms with Crippen LogP contribution in [0.4, 0.5) is 4.79 Å². The number of carbonyl (C=O) groups excluding carboxylic acids is 2. The number of methoxy groups -OCH3 is 1. The minimum Gasteiger partial charge on any atom is -0.453 e. The first-order valence-electron chi connectivity index (χ1n) is 6.62. The smallest absolute Gasteiger partial charge is 0.407 e. The zero-order valence-corrected chi connectivity index (χ0v) is 11.7. The molecular weight excluding hydrogens is 232 g/mol. The highest BCUT2D eigenvalue weighted by Crippen LogP contribution is 2.19. The number of hydrogen-bond acceptors (Lipinski definition) is 3. The number of likely N-dealkylation sites (tertiary alicyclic amines) is 1. The van der Waals surface area contributed by atoms with Gasteiger partial charge in [-0.25, -0.2) is 4.79 Å². The van der Waals surface area contributed by atoms with Crippen molar-refractivity contribution in [2.75, 3.05) is 20.2 Å². The normalized spacial score (nSPS) is 22.4. The number of alkyl carbamates (subject to hydrolysis) is 1. The van der Waals surface area contributed by atoms with Crippen molar-refractivity contribution in [2.24, 2.45) is 11.8 Å². The van der Waals surface area contributed by atoms with Crippen LogP contribution in [0, 0.1) is 11.8 Å². The van der Waals surface area contributed by atoms with Gasteiger partial charge in [-0.3, -0.25) is 4.79 Å². The summed E-state index contributed by atoms with van der Waals surface area (Å²) in [5.41, 5.74) is 0. The first-order valence-corrected chi connectivity index (χ1v) is 6.62. The van der Waals surface area contributed by atoms with E-state index in [-0.39, 0.29) is 11.8 Å². The number of hydrogen-bond donors (Lipinski definition) is 1.